The third-order valence-corrected chi connectivity index (χ3v) is 6.24. The standard InChI is InChI=1S/C23H32N4O4S/c1-5-25(6-2)20-11-9-19(10-12-20)22-17-27(24-32(4,29)30)23(28)26(22)16-15-18-7-13-21(31-3)14-8-18/h7-14,22,24H,5-6,15-17H2,1-4H3. The summed E-state index contributed by atoms with van der Waals surface area (Å²) in [5.74, 6) is 0.778. The molecular formula is C23H32N4O4S. The van der Waals surface area contributed by atoms with E-state index in [0.29, 0.717) is 13.0 Å². The van der Waals surface area contributed by atoms with Crippen molar-refractivity contribution in [2.45, 2.75) is 26.3 Å². The van der Waals surface area contributed by atoms with Crippen molar-refractivity contribution < 1.29 is 17.9 Å². The average Bonchev–Trinajstić information content (AvgIpc) is 3.07. The monoisotopic (exact) mass is 460 g/mol. The highest BCUT2D eigenvalue weighted by Crippen LogP contribution is 2.30. The number of benzene rings is 2. The van der Waals surface area contributed by atoms with E-state index < -0.39 is 10.0 Å². The molecule has 1 fully saturated rings. The Labute approximate surface area is 190 Å². The zero-order chi connectivity index (χ0) is 23.3. The molecule has 0 radical (unpaired) electrons. The second-order valence-electron chi connectivity index (χ2n) is 7.83. The molecule has 1 unspecified atom stereocenters. The van der Waals surface area contributed by atoms with Crippen LogP contribution in [0.3, 0.4) is 0 Å². The zero-order valence-electron chi connectivity index (χ0n) is 19.1. The number of sulfonamides is 1. The fourth-order valence-electron chi connectivity index (χ4n) is 3.99. The lowest BCUT2D eigenvalue weighted by Gasteiger charge is -2.25. The van der Waals surface area contributed by atoms with E-state index in [0.717, 1.165) is 41.9 Å². The van der Waals surface area contributed by atoms with Crippen LogP contribution in [0.4, 0.5) is 10.5 Å². The fraction of sp³-hybridized carbons (Fsp3) is 0.435. The van der Waals surface area contributed by atoms with E-state index in [4.69, 9.17) is 4.74 Å². The van der Waals surface area contributed by atoms with Crippen molar-refractivity contribution in [1.29, 1.82) is 0 Å². The number of nitrogens with zero attached hydrogens (tertiary/aromatic N) is 3. The minimum Gasteiger partial charge on any atom is -0.497 e. The Kier molecular flexibility index (Phi) is 7.63. The van der Waals surface area contributed by atoms with Gasteiger partial charge < -0.3 is 14.5 Å². The summed E-state index contributed by atoms with van der Waals surface area (Å²) in [7, 11) is -1.94. The number of amides is 2. The summed E-state index contributed by atoms with van der Waals surface area (Å²) in [6.07, 6.45) is 1.70. The van der Waals surface area contributed by atoms with Gasteiger partial charge in [-0.15, -0.1) is 4.83 Å². The summed E-state index contributed by atoms with van der Waals surface area (Å²) in [6, 6.07) is 15.3. The van der Waals surface area contributed by atoms with Crippen molar-refractivity contribution in [2.75, 3.05) is 44.4 Å². The van der Waals surface area contributed by atoms with Gasteiger partial charge in [-0.2, -0.15) is 0 Å². The number of hydrazine groups is 1. The highest BCUT2D eigenvalue weighted by atomic mass is 32.2. The minimum atomic E-state index is -3.56. The lowest BCUT2D eigenvalue weighted by Crippen LogP contribution is -2.44. The van der Waals surface area contributed by atoms with E-state index in [1.165, 1.54) is 5.01 Å². The molecule has 0 aliphatic carbocycles. The van der Waals surface area contributed by atoms with E-state index in [1.54, 1.807) is 12.0 Å². The third-order valence-electron chi connectivity index (χ3n) is 5.69. The molecule has 2 amide bonds. The molecule has 174 valence electrons. The smallest absolute Gasteiger partial charge is 0.335 e. The van der Waals surface area contributed by atoms with E-state index in [9.17, 15) is 13.2 Å². The first-order valence-electron chi connectivity index (χ1n) is 10.8. The van der Waals surface area contributed by atoms with Gasteiger partial charge in [0.15, 0.2) is 0 Å². The maximum Gasteiger partial charge on any atom is 0.335 e. The summed E-state index contributed by atoms with van der Waals surface area (Å²) in [4.78, 5) is 19.4. The van der Waals surface area contributed by atoms with E-state index >= 15 is 0 Å². The molecule has 1 N–H and O–H groups in total. The molecule has 2 aromatic carbocycles. The van der Waals surface area contributed by atoms with Crippen LogP contribution in [-0.4, -0.2) is 63.9 Å². The summed E-state index contributed by atoms with van der Waals surface area (Å²) >= 11 is 0. The van der Waals surface area contributed by atoms with Crippen molar-refractivity contribution in [3.8, 4) is 5.75 Å². The molecule has 1 heterocycles. The molecule has 1 aliphatic rings. The summed E-state index contributed by atoms with van der Waals surface area (Å²) < 4.78 is 28.7. The van der Waals surface area contributed by atoms with Crippen molar-refractivity contribution in [2.24, 2.45) is 0 Å². The van der Waals surface area contributed by atoms with E-state index in [1.807, 2.05) is 36.4 Å². The second-order valence-corrected chi connectivity index (χ2v) is 9.55. The lowest BCUT2D eigenvalue weighted by molar-refractivity contribution is 0.182. The average molecular weight is 461 g/mol. The molecule has 3 rings (SSSR count). The van der Waals surface area contributed by atoms with Gasteiger partial charge in [0.1, 0.15) is 5.75 Å². The van der Waals surface area contributed by atoms with Gasteiger partial charge in [0.05, 0.1) is 26.0 Å². The van der Waals surface area contributed by atoms with Gasteiger partial charge >= 0.3 is 6.03 Å². The molecule has 0 aromatic heterocycles. The van der Waals surface area contributed by atoms with Crippen molar-refractivity contribution in [1.82, 2.24) is 14.7 Å². The number of hydrogen-bond donors (Lipinski definition) is 1. The predicted octanol–water partition coefficient (Wildman–Crippen LogP) is 3.03. The quantitative estimate of drug-likeness (QED) is 0.589. The first-order chi connectivity index (χ1) is 15.3. The first kappa shape index (κ1) is 23.9. The van der Waals surface area contributed by atoms with Gasteiger partial charge in [0, 0.05) is 25.3 Å². The molecule has 1 saturated heterocycles. The van der Waals surface area contributed by atoms with Crippen LogP contribution in [0, 0.1) is 0 Å². The van der Waals surface area contributed by atoms with Crippen LogP contribution in [0.15, 0.2) is 48.5 Å². The van der Waals surface area contributed by atoms with Crippen LogP contribution in [-0.2, 0) is 16.4 Å². The molecule has 9 heteroatoms. The van der Waals surface area contributed by atoms with Crippen LogP contribution in [0.2, 0.25) is 0 Å². The Bertz CT molecular complexity index is 1010. The number of hydrogen-bond acceptors (Lipinski definition) is 5. The van der Waals surface area contributed by atoms with Gasteiger partial charge in [-0.1, -0.05) is 24.3 Å². The maximum absolute atomic E-state index is 13.1. The Balaban J connectivity index is 1.82. The largest absolute Gasteiger partial charge is 0.497 e. The molecule has 0 saturated carbocycles. The minimum absolute atomic E-state index is 0.249. The fourth-order valence-corrected chi connectivity index (χ4v) is 4.54. The van der Waals surface area contributed by atoms with Crippen molar-refractivity contribution in [3.05, 3.63) is 59.7 Å². The molecule has 2 aromatic rings. The number of carbonyl (C=O) groups is 1. The van der Waals surface area contributed by atoms with Gasteiger partial charge in [-0.05, 0) is 55.7 Å². The van der Waals surface area contributed by atoms with Crippen LogP contribution >= 0.6 is 0 Å². The molecule has 32 heavy (non-hydrogen) atoms. The topological polar surface area (TPSA) is 82.2 Å². The number of nitrogens with one attached hydrogen (secondary N) is 1. The number of carbonyl (C=O) groups excluding carboxylic acids is 1. The normalized spacial score (nSPS) is 16.5. The summed E-state index contributed by atoms with van der Waals surface area (Å²) in [5, 5.41) is 1.19. The van der Waals surface area contributed by atoms with Gasteiger partial charge in [-0.3, -0.25) is 0 Å². The molecule has 1 atom stereocenters. The van der Waals surface area contributed by atoms with Gasteiger partial charge in [0.2, 0.25) is 10.0 Å². The molecular weight excluding hydrogens is 428 g/mol. The van der Waals surface area contributed by atoms with Crippen molar-refractivity contribution in [3.63, 3.8) is 0 Å². The Morgan fingerprint density at radius 3 is 2.22 bits per heavy atom. The Morgan fingerprint density at radius 2 is 1.69 bits per heavy atom. The number of methoxy groups -OCH3 is 1. The van der Waals surface area contributed by atoms with Crippen LogP contribution < -0.4 is 14.5 Å². The molecule has 0 bridgehead atoms. The highest BCUT2D eigenvalue weighted by molar-refractivity contribution is 7.88. The van der Waals surface area contributed by atoms with E-state index in [-0.39, 0.29) is 18.6 Å². The maximum atomic E-state index is 13.1. The number of anilines is 1. The third kappa shape index (κ3) is 5.72. The molecule has 1 aliphatic heterocycles. The predicted molar refractivity (Wildman–Crippen MR) is 126 cm³/mol. The zero-order valence-corrected chi connectivity index (χ0v) is 19.9. The van der Waals surface area contributed by atoms with Crippen molar-refractivity contribution >= 4 is 21.7 Å². The number of rotatable bonds is 10. The Morgan fingerprint density at radius 1 is 1.06 bits per heavy atom. The van der Waals surface area contributed by atoms with Crippen LogP contribution in [0.1, 0.15) is 31.0 Å². The summed E-state index contributed by atoms with van der Waals surface area (Å²) in [5.41, 5.74) is 3.17. The van der Waals surface area contributed by atoms with Gasteiger partial charge in [0.25, 0.3) is 0 Å². The van der Waals surface area contributed by atoms with Crippen LogP contribution in [0.5, 0.6) is 5.75 Å². The second kappa shape index (κ2) is 10.2. The van der Waals surface area contributed by atoms with E-state index in [2.05, 4.69) is 35.7 Å². The molecule has 0 spiro atoms. The number of urea groups is 1. The van der Waals surface area contributed by atoms with Gasteiger partial charge in [-0.25, -0.2) is 18.2 Å². The highest BCUT2D eigenvalue weighted by Gasteiger charge is 2.39. The number of ether oxygens (including phenoxy) is 1. The molecule has 8 nitrogen and oxygen atoms in total. The first-order valence-corrected chi connectivity index (χ1v) is 12.7. The summed E-state index contributed by atoms with van der Waals surface area (Å²) in [6.45, 7) is 6.77. The SMILES string of the molecule is CCN(CC)c1ccc(C2CN(NS(C)(=O)=O)C(=O)N2CCc2ccc(OC)cc2)cc1. The lowest BCUT2D eigenvalue weighted by atomic mass is 10.0. The van der Waals surface area contributed by atoms with Crippen LogP contribution in [0.25, 0.3) is 0 Å². The Hall–Kier alpha value is -2.78.